The topological polar surface area (TPSA) is 69.6 Å². The minimum Gasteiger partial charge on any atom is -0.481 e. The van der Waals surface area contributed by atoms with Gasteiger partial charge >= 0.3 is 5.97 Å². The molecule has 2 aromatic rings. The third kappa shape index (κ3) is 6.83. The maximum atomic E-state index is 13.0. The van der Waals surface area contributed by atoms with Crippen molar-refractivity contribution in [3.05, 3.63) is 59.2 Å². The van der Waals surface area contributed by atoms with Gasteiger partial charge in [0.05, 0.1) is 24.2 Å². The molecule has 0 aromatic heterocycles. The predicted molar refractivity (Wildman–Crippen MR) is 135 cm³/mol. The molecule has 1 aliphatic carbocycles. The number of benzene rings is 2. The van der Waals surface area contributed by atoms with E-state index in [0.717, 1.165) is 48.4 Å². The third-order valence-electron chi connectivity index (χ3n) is 6.22. The third-order valence-corrected chi connectivity index (χ3v) is 6.22. The lowest BCUT2D eigenvalue weighted by Crippen LogP contribution is -2.32. The lowest BCUT2D eigenvalue weighted by molar-refractivity contribution is -0.137. The molecule has 0 aliphatic heterocycles. The Morgan fingerprint density at radius 3 is 2.12 bits per heavy atom. The standard InChI is InChI=1S/C28H38N2O3/c1-19(2)17-30(18-20(3)4)25-11-10-23(28(12-13-28)16-27(32)33)15-24(25)29-26(31)14-22-8-6-21(5)7-9-22/h6-11,15,19-20H,12-14,16-18H2,1-5H3,(H,29,31)(H,32,33). The van der Waals surface area contributed by atoms with Gasteiger partial charge in [0.1, 0.15) is 0 Å². The average Bonchev–Trinajstić information content (AvgIpc) is 3.48. The van der Waals surface area contributed by atoms with Crippen LogP contribution in [0.25, 0.3) is 0 Å². The molecule has 178 valence electrons. The number of hydrogen-bond donors (Lipinski definition) is 2. The van der Waals surface area contributed by atoms with Gasteiger partial charge in [0, 0.05) is 18.5 Å². The van der Waals surface area contributed by atoms with Crippen LogP contribution in [-0.4, -0.2) is 30.1 Å². The maximum absolute atomic E-state index is 13.0. The van der Waals surface area contributed by atoms with Crippen LogP contribution in [0.2, 0.25) is 0 Å². The molecule has 33 heavy (non-hydrogen) atoms. The fourth-order valence-electron chi connectivity index (χ4n) is 4.49. The van der Waals surface area contributed by atoms with Crippen molar-refractivity contribution in [3.63, 3.8) is 0 Å². The van der Waals surface area contributed by atoms with E-state index in [1.165, 1.54) is 5.56 Å². The summed E-state index contributed by atoms with van der Waals surface area (Å²) in [4.78, 5) is 26.8. The van der Waals surface area contributed by atoms with Crippen LogP contribution >= 0.6 is 0 Å². The fraction of sp³-hybridized carbons (Fsp3) is 0.500. The zero-order valence-electron chi connectivity index (χ0n) is 20.6. The van der Waals surface area contributed by atoms with Crippen LogP contribution in [0.1, 0.15) is 63.6 Å². The van der Waals surface area contributed by atoms with Crippen LogP contribution in [-0.2, 0) is 21.4 Å². The maximum Gasteiger partial charge on any atom is 0.304 e. The first kappa shape index (κ1) is 24.8. The number of hydrogen-bond acceptors (Lipinski definition) is 3. The molecule has 3 rings (SSSR count). The van der Waals surface area contributed by atoms with Crippen LogP contribution in [0, 0.1) is 18.8 Å². The summed E-state index contributed by atoms with van der Waals surface area (Å²) in [6.07, 6.45) is 2.18. The van der Waals surface area contributed by atoms with Gasteiger partial charge in [0.2, 0.25) is 5.91 Å². The Bertz CT molecular complexity index is 965. The monoisotopic (exact) mass is 450 g/mol. The molecular formula is C28H38N2O3. The molecular weight excluding hydrogens is 412 g/mol. The Balaban J connectivity index is 1.93. The van der Waals surface area contributed by atoms with Gasteiger partial charge in [-0.05, 0) is 54.9 Å². The van der Waals surface area contributed by atoms with Crippen molar-refractivity contribution in [2.75, 3.05) is 23.3 Å². The molecule has 1 fully saturated rings. The number of aliphatic carboxylic acids is 1. The number of anilines is 2. The molecule has 0 radical (unpaired) electrons. The van der Waals surface area contributed by atoms with Gasteiger partial charge in [-0.25, -0.2) is 0 Å². The number of carbonyl (C=O) groups excluding carboxylic acids is 1. The SMILES string of the molecule is Cc1ccc(CC(=O)Nc2cc(C3(CC(=O)O)CC3)ccc2N(CC(C)C)CC(C)C)cc1. The summed E-state index contributed by atoms with van der Waals surface area (Å²) in [5.74, 6) is 0.111. The summed E-state index contributed by atoms with van der Waals surface area (Å²) in [7, 11) is 0. The van der Waals surface area contributed by atoms with E-state index in [4.69, 9.17) is 0 Å². The summed E-state index contributed by atoms with van der Waals surface area (Å²) in [5, 5.41) is 12.6. The van der Waals surface area contributed by atoms with Crippen molar-refractivity contribution in [1.82, 2.24) is 0 Å². The quantitative estimate of drug-likeness (QED) is 0.454. The second-order valence-electron chi connectivity index (χ2n) is 10.5. The summed E-state index contributed by atoms with van der Waals surface area (Å²) in [6.45, 7) is 12.6. The number of rotatable bonds is 11. The van der Waals surface area contributed by atoms with E-state index in [2.05, 4.69) is 50.0 Å². The molecule has 1 aliphatic rings. The van der Waals surface area contributed by atoms with E-state index >= 15 is 0 Å². The van der Waals surface area contributed by atoms with E-state index in [1.54, 1.807) is 0 Å². The van der Waals surface area contributed by atoms with Crippen LogP contribution in [0.5, 0.6) is 0 Å². The number of amides is 1. The minimum absolute atomic E-state index is 0.0608. The molecule has 0 unspecified atom stereocenters. The molecule has 0 heterocycles. The molecule has 0 spiro atoms. The first-order valence-corrected chi connectivity index (χ1v) is 12.0. The Morgan fingerprint density at radius 2 is 1.61 bits per heavy atom. The van der Waals surface area contributed by atoms with Crippen molar-refractivity contribution in [2.24, 2.45) is 11.8 Å². The Hall–Kier alpha value is -2.82. The number of nitrogens with one attached hydrogen (secondary N) is 1. The second-order valence-corrected chi connectivity index (χ2v) is 10.5. The number of carboxylic acids is 1. The molecule has 2 aromatic carbocycles. The van der Waals surface area contributed by atoms with Gasteiger partial charge in [-0.1, -0.05) is 63.6 Å². The first-order valence-electron chi connectivity index (χ1n) is 12.0. The number of carboxylic acid groups (broad SMARTS) is 1. The van der Waals surface area contributed by atoms with E-state index < -0.39 is 5.97 Å². The van der Waals surface area contributed by atoms with Crippen LogP contribution in [0.4, 0.5) is 11.4 Å². The highest BCUT2D eigenvalue weighted by molar-refractivity contribution is 5.96. The highest BCUT2D eigenvalue weighted by Gasteiger charge is 2.46. The van der Waals surface area contributed by atoms with Gasteiger partial charge in [-0.3, -0.25) is 9.59 Å². The van der Waals surface area contributed by atoms with E-state index in [1.807, 2.05) is 37.3 Å². The number of aryl methyl sites for hydroxylation is 1. The van der Waals surface area contributed by atoms with E-state index in [9.17, 15) is 14.7 Å². The zero-order chi connectivity index (χ0) is 24.2. The first-order chi connectivity index (χ1) is 15.6. The van der Waals surface area contributed by atoms with Crippen LogP contribution in [0.3, 0.4) is 0 Å². The van der Waals surface area contributed by atoms with Gasteiger partial charge < -0.3 is 15.3 Å². The van der Waals surface area contributed by atoms with Crippen molar-refractivity contribution < 1.29 is 14.7 Å². The van der Waals surface area contributed by atoms with Crippen LogP contribution < -0.4 is 10.2 Å². The second kappa shape index (κ2) is 10.4. The van der Waals surface area contributed by atoms with E-state index in [0.29, 0.717) is 18.3 Å². The summed E-state index contributed by atoms with van der Waals surface area (Å²) >= 11 is 0. The molecule has 0 bridgehead atoms. The van der Waals surface area contributed by atoms with Crippen molar-refractivity contribution in [3.8, 4) is 0 Å². The lowest BCUT2D eigenvalue weighted by atomic mass is 9.91. The highest BCUT2D eigenvalue weighted by Crippen LogP contribution is 2.52. The van der Waals surface area contributed by atoms with E-state index in [-0.39, 0.29) is 17.7 Å². The minimum atomic E-state index is -0.775. The Morgan fingerprint density at radius 1 is 1.00 bits per heavy atom. The van der Waals surface area contributed by atoms with Gasteiger partial charge in [0.25, 0.3) is 0 Å². The largest absolute Gasteiger partial charge is 0.481 e. The number of nitrogens with zero attached hydrogens (tertiary/aromatic N) is 1. The molecule has 2 N–H and O–H groups in total. The molecule has 0 saturated heterocycles. The molecule has 1 amide bonds. The summed E-state index contributed by atoms with van der Waals surface area (Å²) < 4.78 is 0. The fourth-order valence-corrected chi connectivity index (χ4v) is 4.49. The summed E-state index contributed by atoms with van der Waals surface area (Å²) in [5.41, 5.74) is 4.63. The normalized spacial score (nSPS) is 14.4. The van der Waals surface area contributed by atoms with Gasteiger partial charge in [0.15, 0.2) is 0 Å². The smallest absolute Gasteiger partial charge is 0.304 e. The van der Waals surface area contributed by atoms with Gasteiger partial charge in [-0.2, -0.15) is 0 Å². The molecule has 5 nitrogen and oxygen atoms in total. The molecule has 1 saturated carbocycles. The van der Waals surface area contributed by atoms with Crippen molar-refractivity contribution in [1.29, 1.82) is 0 Å². The summed E-state index contributed by atoms with van der Waals surface area (Å²) in [6, 6.07) is 14.2. The van der Waals surface area contributed by atoms with Crippen molar-refractivity contribution in [2.45, 2.75) is 65.7 Å². The average molecular weight is 451 g/mol. The lowest BCUT2D eigenvalue weighted by Gasteiger charge is -2.31. The van der Waals surface area contributed by atoms with Gasteiger partial charge in [-0.15, -0.1) is 0 Å². The number of carbonyl (C=O) groups is 2. The zero-order valence-corrected chi connectivity index (χ0v) is 20.6. The Labute approximate surface area is 198 Å². The molecule has 5 heteroatoms. The predicted octanol–water partition coefficient (Wildman–Crippen LogP) is 5.80. The molecule has 0 atom stereocenters. The Kier molecular flexibility index (Phi) is 7.83. The van der Waals surface area contributed by atoms with Crippen molar-refractivity contribution >= 4 is 23.3 Å². The van der Waals surface area contributed by atoms with Crippen LogP contribution in [0.15, 0.2) is 42.5 Å². The highest BCUT2D eigenvalue weighted by atomic mass is 16.4.